The van der Waals surface area contributed by atoms with Crippen LogP contribution in [0.1, 0.15) is 0 Å². The molecule has 0 fully saturated rings. The molecule has 0 aromatic carbocycles. The van der Waals surface area contributed by atoms with Crippen molar-refractivity contribution in [2.75, 3.05) is 12.0 Å². The first kappa shape index (κ1) is 13.0. The number of thioether (sulfide) groups is 1. The van der Waals surface area contributed by atoms with Crippen LogP contribution in [0.4, 0.5) is 0 Å². The van der Waals surface area contributed by atoms with Crippen molar-refractivity contribution in [1.29, 1.82) is 0 Å². The number of hydrogen-bond donors (Lipinski definition) is 2. The number of hydrogen-bond acceptors (Lipinski definition) is 3. The molecule has 0 rings (SSSR count). The number of nitrogens with one attached hydrogen (secondary N) is 1. The normalized spacial score (nSPS) is 11.8. The molecule has 0 aromatic rings. The SMILES string of the molecule is [CH2-]NC(CSC)C(=O)O.[V]. The van der Waals surface area contributed by atoms with Crippen molar-refractivity contribution in [3.8, 4) is 0 Å². The van der Waals surface area contributed by atoms with E-state index in [0.717, 1.165) is 0 Å². The van der Waals surface area contributed by atoms with Gasteiger partial charge in [-0.2, -0.15) is 11.8 Å². The van der Waals surface area contributed by atoms with Crippen LogP contribution in [0, 0.1) is 7.05 Å². The average molecular weight is 199 g/mol. The van der Waals surface area contributed by atoms with Crippen LogP contribution < -0.4 is 5.32 Å². The van der Waals surface area contributed by atoms with E-state index >= 15 is 0 Å². The van der Waals surface area contributed by atoms with Gasteiger partial charge in [-0.3, -0.25) is 11.8 Å². The van der Waals surface area contributed by atoms with Crippen LogP contribution in [0.2, 0.25) is 0 Å². The number of carbonyl (C=O) groups is 1. The van der Waals surface area contributed by atoms with Gasteiger partial charge in [-0.25, -0.2) is 0 Å². The predicted octanol–water partition coefficient (Wildman–Crippen LogP) is 0.181. The molecule has 0 saturated heterocycles. The van der Waals surface area contributed by atoms with Crippen molar-refractivity contribution in [3.05, 3.63) is 7.05 Å². The third kappa shape index (κ3) is 5.17. The summed E-state index contributed by atoms with van der Waals surface area (Å²) in [5, 5.41) is 10.8. The molecule has 0 aliphatic heterocycles. The van der Waals surface area contributed by atoms with Crippen LogP contribution in [-0.2, 0) is 23.4 Å². The van der Waals surface area contributed by atoms with Gasteiger partial charge in [-0.1, -0.05) is 0 Å². The first-order chi connectivity index (χ1) is 4.22. The number of carboxylic acid groups (broad SMARTS) is 1. The molecule has 1 atom stereocenters. The van der Waals surface area contributed by atoms with E-state index < -0.39 is 12.0 Å². The second kappa shape index (κ2) is 7.47. The molecule has 0 amide bonds. The summed E-state index contributed by atoms with van der Waals surface area (Å²) in [4.78, 5) is 10.2. The average Bonchev–Trinajstić information content (AvgIpc) is 1.82. The van der Waals surface area contributed by atoms with Crippen molar-refractivity contribution in [1.82, 2.24) is 5.32 Å². The molecule has 3 nitrogen and oxygen atoms in total. The van der Waals surface area contributed by atoms with E-state index in [2.05, 4.69) is 12.4 Å². The van der Waals surface area contributed by atoms with Crippen LogP contribution >= 0.6 is 11.8 Å². The molecule has 0 bridgehead atoms. The Labute approximate surface area is 76.8 Å². The largest absolute Gasteiger partial charge is 0.480 e. The molecule has 0 saturated carbocycles. The first-order valence-electron chi connectivity index (χ1n) is 2.46. The zero-order chi connectivity index (χ0) is 7.28. The minimum absolute atomic E-state index is 0. The van der Waals surface area contributed by atoms with Crippen molar-refractivity contribution >= 4 is 17.7 Å². The van der Waals surface area contributed by atoms with E-state index in [9.17, 15) is 4.79 Å². The van der Waals surface area contributed by atoms with Crippen molar-refractivity contribution in [2.45, 2.75) is 6.04 Å². The number of carboxylic acids is 1. The van der Waals surface area contributed by atoms with E-state index in [-0.39, 0.29) is 18.6 Å². The fourth-order valence-electron chi connectivity index (χ4n) is 0.384. The molecular formula is C5H10NO2SV-. The van der Waals surface area contributed by atoms with Crippen molar-refractivity contribution in [3.63, 3.8) is 0 Å². The van der Waals surface area contributed by atoms with Gasteiger partial charge in [-0.05, 0) is 6.26 Å². The van der Waals surface area contributed by atoms with Crippen LogP contribution in [0.5, 0.6) is 0 Å². The van der Waals surface area contributed by atoms with Gasteiger partial charge in [-0.15, -0.1) is 0 Å². The summed E-state index contributed by atoms with van der Waals surface area (Å²) < 4.78 is 0. The zero-order valence-corrected chi connectivity index (χ0v) is 7.92. The van der Waals surface area contributed by atoms with Crippen molar-refractivity contribution in [2.24, 2.45) is 0 Å². The van der Waals surface area contributed by atoms with Gasteiger partial charge in [0.1, 0.15) is 0 Å². The van der Waals surface area contributed by atoms with Gasteiger partial charge in [0.25, 0.3) is 0 Å². The Hall–Kier alpha value is 0.364. The smallest absolute Gasteiger partial charge is 0.319 e. The third-order valence-electron chi connectivity index (χ3n) is 0.878. The maximum atomic E-state index is 10.2. The van der Waals surface area contributed by atoms with Gasteiger partial charge >= 0.3 is 5.97 Å². The minimum atomic E-state index is -0.848. The second-order valence-corrected chi connectivity index (χ2v) is 2.46. The summed E-state index contributed by atoms with van der Waals surface area (Å²) in [7, 11) is 3.28. The summed E-state index contributed by atoms with van der Waals surface area (Å²) in [6.07, 6.45) is 1.85. The summed E-state index contributed by atoms with van der Waals surface area (Å²) in [5.74, 6) is -0.293. The van der Waals surface area contributed by atoms with Crippen molar-refractivity contribution < 1.29 is 28.5 Å². The molecule has 2 N–H and O–H groups in total. The van der Waals surface area contributed by atoms with Gasteiger partial charge < -0.3 is 10.4 Å². The molecule has 5 heteroatoms. The Morgan fingerprint density at radius 2 is 2.40 bits per heavy atom. The minimum Gasteiger partial charge on any atom is -0.480 e. The van der Waals surface area contributed by atoms with E-state index in [1.165, 1.54) is 11.8 Å². The Bertz CT molecular complexity index is 102. The van der Waals surface area contributed by atoms with Gasteiger partial charge in [0.15, 0.2) is 0 Å². The van der Waals surface area contributed by atoms with Gasteiger partial charge in [0.05, 0.1) is 6.04 Å². The quantitative estimate of drug-likeness (QED) is 0.634. The Balaban J connectivity index is 0. The fourth-order valence-corrected chi connectivity index (χ4v) is 0.978. The third-order valence-corrected chi connectivity index (χ3v) is 1.54. The molecule has 10 heavy (non-hydrogen) atoms. The van der Waals surface area contributed by atoms with E-state index in [0.29, 0.717) is 5.75 Å². The van der Waals surface area contributed by atoms with Crippen LogP contribution in [0.15, 0.2) is 0 Å². The molecule has 0 aliphatic carbocycles. The Kier molecular flexibility index (Phi) is 9.71. The molecular weight excluding hydrogens is 189 g/mol. The molecule has 1 unspecified atom stereocenters. The molecule has 0 aliphatic rings. The van der Waals surface area contributed by atoms with Crippen LogP contribution in [-0.4, -0.2) is 29.1 Å². The molecule has 1 radical (unpaired) electrons. The van der Waals surface area contributed by atoms with E-state index in [1.807, 2.05) is 6.26 Å². The van der Waals surface area contributed by atoms with Gasteiger partial charge in [0.2, 0.25) is 0 Å². The fraction of sp³-hybridized carbons (Fsp3) is 0.600. The molecule has 0 heterocycles. The zero-order valence-electron chi connectivity index (χ0n) is 5.70. The number of aliphatic carboxylic acids is 1. The molecule has 0 spiro atoms. The maximum Gasteiger partial charge on any atom is 0.319 e. The maximum absolute atomic E-state index is 10.2. The van der Waals surface area contributed by atoms with Crippen LogP contribution in [0.3, 0.4) is 0 Å². The summed E-state index contributed by atoms with van der Waals surface area (Å²) >= 11 is 1.48. The molecule has 0 aromatic heterocycles. The Morgan fingerprint density at radius 3 is 2.50 bits per heavy atom. The first-order valence-corrected chi connectivity index (χ1v) is 3.86. The van der Waals surface area contributed by atoms with Gasteiger partial charge in [0, 0.05) is 24.3 Å². The monoisotopic (exact) mass is 199 g/mol. The van der Waals surface area contributed by atoms with E-state index in [4.69, 9.17) is 5.11 Å². The number of rotatable bonds is 4. The summed E-state index contributed by atoms with van der Waals surface area (Å²) in [5.41, 5.74) is 0. The van der Waals surface area contributed by atoms with Crippen LogP contribution in [0.25, 0.3) is 0 Å². The Morgan fingerprint density at radius 1 is 1.90 bits per heavy atom. The topological polar surface area (TPSA) is 49.3 Å². The molecule has 59 valence electrons. The standard InChI is InChI=1S/C5H10NO2S.V/c1-6-4(3-9-2)5(7)8;/h4,6H,1,3H2,2H3,(H,7,8);/q-1;. The summed E-state index contributed by atoms with van der Waals surface area (Å²) in [6.45, 7) is 0. The van der Waals surface area contributed by atoms with E-state index in [1.54, 1.807) is 0 Å². The second-order valence-electron chi connectivity index (χ2n) is 1.55. The summed E-state index contributed by atoms with van der Waals surface area (Å²) in [6, 6.07) is -0.514. The predicted molar refractivity (Wildman–Crippen MR) is 38.3 cm³/mol.